The highest BCUT2D eigenvalue weighted by molar-refractivity contribution is 5.94. The Kier molecular flexibility index (Phi) is 5.03. The maximum Gasteiger partial charge on any atom is 0.319 e. The van der Waals surface area contributed by atoms with E-state index in [1.807, 2.05) is 0 Å². The molecule has 3 amide bonds. The molecule has 0 aliphatic heterocycles. The maximum absolute atomic E-state index is 11.9. The van der Waals surface area contributed by atoms with Gasteiger partial charge in [0.05, 0.1) is 12.8 Å². The standard InChI is InChI=1S/C15H21N3O3/c1-10(19)16-13-9-12(7-8-14(13)21-2)18-15(20)17-11-5-3-4-6-11/h7-9,11H,3-6H2,1-2H3,(H,16,19)(H2,17,18,20). The minimum Gasteiger partial charge on any atom is -0.495 e. The first-order chi connectivity index (χ1) is 10.1. The van der Waals surface area contributed by atoms with Gasteiger partial charge in [-0.1, -0.05) is 12.8 Å². The van der Waals surface area contributed by atoms with E-state index in [2.05, 4.69) is 16.0 Å². The summed E-state index contributed by atoms with van der Waals surface area (Å²) in [5.41, 5.74) is 1.14. The molecule has 0 heterocycles. The summed E-state index contributed by atoms with van der Waals surface area (Å²) in [5.74, 6) is 0.354. The van der Waals surface area contributed by atoms with E-state index in [1.54, 1.807) is 18.2 Å². The van der Waals surface area contributed by atoms with Crippen LogP contribution in [0.4, 0.5) is 16.2 Å². The molecule has 0 radical (unpaired) electrons. The number of anilines is 2. The molecule has 1 aliphatic rings. The number of methoxy groups -OCH3 is 1. The van der Waals surface area contributed by atoms with Crippen molar-refractivity contribution in [3.05, 3.63) is 18.2 Å². The van der Waals surface area contributed by atoms with Gasteiger partial charge in [-0.3, -0.25) is 4.79 Å². The van der Waals surface area contributed by atoms with E-state index in [9.17, 15) is 9.59 Å². The van der Waals surface area contributed by atoms with Gasteiger partial charge in [0, 0.05) is 18.7 Å². The van der Waals surface area contributed by atoms with E-state index in [0.717, 1.165) is 12.8 Å². The lowest BCUT2D eigenvalue weighted by molar-refractivity contribution is -0.114. The van der Waals surface area contributed by atoms with E-state index in [4.69, 9.17) is 4.74 Å². The Morgan fingerprint density at radius 1 is 1.19 bits per heavy atom. The average Bonchev–Trinajstić information content (AvgIpc) is 2.91. The number of rotatable bonds is 4. The predicted octanol–water partition coefficient (Wildman–Crippen LogP) is 2.72. The Morgan fingerprint density at radius 2 is 1.90 bits per heavy atom. The number of nitrogens with one attached hydrogen (secondary N) is 3. The fourth-order valence-electron chi connectivity index (χ4n) is 2.50. The molecule has 0 spiro atoms. The Balaban J connectivity index is 2.01. The monoisotopic (exact) mass is 291 g/mol. The van der Waals surface area contributed by atoms with Crippen molar-refractivity contribution in [2.24, 2.45) is 0 Å². The quantitative estimate of drug-likeness (QED) is 0.798. The molecule has 6 nitrogen and oxygen atoms in total. The number of hydrogen-bond acceptors (Lipinski definition) is 3. The third-order valence-electron chi connectivity index (χ3n) is 3.46. The van der Waals surface area contributed by atoms with Gasteiger partial charge >= 0.3 is 6.03 Å². The number of urea groups is 1. The zero-order chi connectivity index (χ0) is 15.2. The Hall–Kier alpha value is -2.24. The highest BCUT2D eigenvalue weighted by Crippen LogP contribution is 2.27. The van der Waals surface area contributed by atoms with Gasteiger partial charge in [-0.2, -0.15) is 0 Å². The fraction of sp³-hybridized carbons (Fsp3) is 0.467. The van der Waals surface area contributed by atoms with Crippen molar-refractivity contribution in [2.75, 3.05) is 17.7 Å². The second kappa shape index (κ2) is 6.97. The Bertz CT molecular complexity index is 525. The van der Waals surface area contributed by atoms with Crippen LogP contribution in [0.25, 0.3) is 0 Å². The molecule has 114 valence electrons. The van der Waals surface area contributed by atoms with E-state index in [1.165, 1.54) is 26.9 Å². The minimum absolute atomic E-state index is 0.194. The van der Waals surface area contributed by atoms with E-state index in [0.29, 0.717) is 17.1 Å². The molecule has 2 rings (SSSR count). The van der Waals surface area contributed by atoms with Crippen LogP contribution in [0, 0.1) is 0 Å². The number of benzene rings is 1. The van der Waals surface area contributed by atoms with Crippen molar-refractivity contribution >= 4 is 23.3 Å². The summed E-state index contributed by atoms with van der Waals surface area (Å²) < 4.78 is 5.17. The lowest BCUT2D eigenvalue weighted by Gasteiger charge is -2.15. The van der Waals surface area contributed by atoms with Crippen molar-refractivity contribution < 1.29 is 14.3 Å². The molecule has 1 aliphatic carbocycles. The number of amides is 3. The number of carbonyl (C=O) groups is 2. The molecule has 0 saturated heterocycles. The topological polar surface area (TPSA) is 79.5 Å². The van der Waals surface area contributed by atoms with Crippen molar-refractivity contribution in [3.8, 4) is 5.75 Å². The van der Waals surface area contributed by atoms with Crippen LogP contribution in [0.2, 0.25) is 0 Å². The molecule has 0 unspecified atom stereocenters. The molecule has 3 N–H and O–H groups in total. The minimum atomic E-state index is -0.221. The highest BCUT2D eigenvalue weighted by Gasteiger charge is 2.17. The number of hydrogen-bond donors (Lipinski definition) is 3. The van der Waals surface area contributed by atoms with Crippen molar-refractivity contribution in [1.29, 1.82) is 0 Å². The number of ether oxygens (including phenoxy) is 1. The summed E-state index contributed by atoms with van der Waals surface area (Å²) in [6.45, 7) is 1.42. The van der Waals surface area contributed by atoms with Crippen molar-refractivity contribution in [3.63, 3.8) is 0 Å². The largest absolute Gasteiger partial charge is 0.495 e. The van der Waals surface area contributed by atoms with Gasteiger partial charge < -0.3 is 20.7 Å². The fourth-order valence-corrected chi connectivity index (χ4v) is 2.50. The first-order valence-corrected chi connectivity index (χ1v) is 7.11. The third-order valence-corrected chi connectivity index (χ3v) is 3.46. The molecule has 1 aromatic rings. The van der Waals surface area contributed by atoms with Crippen LogP contribution in [0.15, 0.2) is 18.2 Å². The molecule has 0 atom stereocenters. The SMILES string of the molecule is COc1ccc(NC(=O)NC2CCCC2)cc1NC(C)=O. The van der Waals surface area contributed by atoms with Gasteiger partial charge in [-0.25, -0.2) is 4.79 Å². The molecule has 1 saturated carbocycles. The second-order valence-corrected chi connectivity index (χ2v) is 5.18. The van der Waals surface area contributed by atoms with Crippen LogP contribution in [0.1, 0.15) is 32.6 Å². The van der Waals surface area contributed by atoms with Crippen LogP contribution in [0.5, 0.6) is 5.75 Å². The van der Waals surface area contributed by atoms with Crippen LogP contribution < -0.4 is 20.7 Å². The lowest BCUT2D eigenvalue weighted by atomic mass is 10.2. The van der Waals surface area contributed by atoms with Crippen molar-refractivity contribution in [2.45, 2.75) is 38.6 Å². The summed E-state index contributed by atoms with van der Waals surface area (Å²) in [6, 6.07) is 5.16. The van der Waals surface area contributed by atoms with Gasteiger partial charge in [-0.05, 0) is 31.0 Å². The van der Waals surface area contributed by atoms with Gasteiger partial charge in [-0.15, -0.1) is 0 Å². The van der Waals surface area contributed by atoms with Crippen molar-refractivity contribution in [1.82, 2.24) is 5.32 Å². The normalized spacial score (nSPS) is 14.6. The molecular formula is C15H21N3O3. The lowest BCUT2D eigenvalue weighted by Crippen LogP contribution is -2.36. The first kappa shape index (κ1) is 15.2. The summed E-state index contributed by atoms with van der Waals surface area (Å²) in [5, 5.41) is 8.40. The summed E-state index contributed by atoms with van der Waals surface area (Å²) in [6.07, 6.45) is 4.40. The third kappa shape index (κ3) is 4.37. The van der Waals surface area contributed by atoms with Gasteiger partial charge in [0.2, 0.25) is 5.91 Å². The van der Waals surface area contributed by atoms with Crippen LogP contribution in [-0.4, -0.2) is 25.1 Å². The van der Waals surface area contributed by atoms with Gasteiger partial charge in [0.1, 0.15) is 5.75 Å². The number of carbonyl (C=O) groups excluding carboxylic acids is 2. The molecule has 1 fully saturated rings. The highest BCUT2D eigenvalue weighted by atomic mass is 16.5. The van der Waals surface area contributed by atoms with Crippen LogP contribution >= 0.6 is 0 Å². The van der Waals surface area contributed by atoms with Crippen LogP contribution in [0.3, 0.4) is 0 Å². The summed E-state index contributed by atoms with van der Waals surface area (Å²) in [4.78, 5) is 23.1. The predicted molar refractivity (Wildman–Crippen MR) is 81.7 cm³/mol. The van der Waals surface area contributed by atoms with Gasteiger partial charge in [0.15, 0.2) is 0 Å². The van der Waals surface area contributed by atoms with E-state index in [-0.39, 0.29) is 18.0 Å². The van der Waals surface area contributed by atoms with Gasteiger partial charge in [0.25, 0.3) is 0 Å². The van der Waals surface area contributed by atoms with E-state index >= 15 is 0 Å². The molecular weight excluding hydrogens is 270 g/mol. The molecule has 6 heteroatoms. The molecule has 1 aromatic carbocycles. The van der Waals surface area contributed by atoms with E-state index < -0.39 is 0 Å². The zero-order valence-electron chi connectivity index (χ0n) is 12.4. The molecule has 0 aromatic heterocycles. The zero-order valence-corrected chi connectivity index (χ0v) is 12.4. The molecule has 21 heavy (non-hydrogen) atoms. The average molecular weight is 291 g/mol. The Morgan fingerprint density at radius 3 is 2.52 bits per heavy atom. The second-order valence-electron chi connectivity index (χ2n) is 5.18. The summed E-state index contributed by atoms with van der Waals surface area (Å²) >= 11 is 0. The molecule has 0 bridgehead atoms. The van der Waals surface area contributed by atoms with Crippen LogP contribution in [-0.2, 0) is 4.79 Å². The maximum atomic E-state index is 11.9. The Labute approximate surface area is 124 Å². The summed E-state index contributed by atoms with van der Waals surface area (Å²) in [7, 11) is 1.53. The first-order valence-electron chi connectivity index (χ1n) is 7.11. The smallest absolute Gasteiger partial charge is 0.319 e.